The fraction of sp³-hybridized carbons (Fsp3) is 0.810. The largest absolute Gasteiger partial charge is 0.392 e. The monoisotopic (exact) mass is 457 g/mol. The van der Waals surface area contributed by atoms with E-state index in [1.165, 1.54) is 0 Å². The highest BCUT2D eigenvalue weighted by atomic mass is 35.5. The molecule has 0 amide bonds. The second-order valence-corrected chi connectivity index (χ2v) is 8.16. The summed E-state index contributed by atoms with van der Waals surface area (Å²) in [7, 11) is 8.28. The molecule has 0 saturated carbocycles. The second-order valence-electron chi connectivity index (χ2n) is 7.54. The summed E-state index contributed by atoms with van der Waals surface area (Å²) >= 11 is 10.5. The van der Waals surface area contributed by atoms with Gasteiger partial charge in [-0.3, -0.25) is 4.90 Å². The van der Waals surface area contributed by atoms with E-state index < -0.39 is 18.3 Å². The number of allylic oxidation sites excluding steroid dienone is 2. The Hall–Kier alpha value is -0.180. The number of rotatable bonds is 12. The Morgan fingerprint density at radius 3 is 1.07 bits per heavy atom. The van der Waals surface area contributed by atoms with Gasteiger partial charge in [0.2, 0.25) is 0 Å². The van der Waals surface area contributed by atoms with Crippen molar-refractivity contribution in [2.24, 2.45) is 0 Å². The van der Waals surface area contributed by atoms with Crippen molar-refractivity contribution >= 4 is 23.2 Å². The van der Waals surface area contributed by atoms with Gasteiger partial charge in [0.15, 0.2) is 0 Å². The van der Waals surface area contributed by atoms with Gasteiger partial charge in [0.25, 0.3) is 0 Å². The van der Waals surface area contributed by atoms with Gasteiger partial charge < -0.3 is 25.1 Å². The summed E-state index contributed by atoms with van der Waals surface area (Å²) in [6, 6.07) is 0. The van der Waals surface area contributed by atoms with Gasteiger partial charge in [0.1, 0.15) is 0 Å². The Labute approximate surface area is 189 Å². The number of aliphatic hydroxyl groups is 3. The molecule has 3 N–H and O–H groups in total. The van der Waals surface area contributed by atoms with E-state index >= 15 is 0 Å². The molecule has 8 heteroatoms. The van der Waals surface area contributed by atoms with E-state index in [-0.39, 0.29) is 0 Å². The number of alkyl halides is 2. The SMILES string of the molecule is CC(O)CN(CC(C)O)CC(C)O.CN(C)C/C=C/CN(C)C.ClC/C=C/CCl. The van der Waals surface area contributed by atoms with Crippen LogP contribution in [0.5, 0.6) is 0 Å². The summed E-state index contributed by atoms with van der Waals surface area (Å²) in [5.41, 5.74) is 0. The highest BCUT2D eigenvalue weighted by Crippen LogP contribution is 1.97. The van der Waals surface area contributed by atoms with Crippen molar-refractivity contribution in [2.75, 3.05) is 72.7 Å². The Kier molecular flexibility index (Phi) is 27.8. The van der Waals surface area contributed by atoms with Crippen molar-refractivity contribution in [1.82, 2.24) is 14.7 Å². The van der Waals surface area contributed by atoms with E-state index in [1.807, 2.05) is 17.1 Å². The van der Waals surface area contributed by atoms with Crippen LogP contribution in [0.1, 0.15) is 20.8 Å². The summed E-state index contributed by atoms with van der Waals surface area (Å²) < 4.78 is 0. The highest BCUT2D eigenvalue weighted by Gasteiger charge is 2.12. The van der Waals surface area contributed by atoms with Crippen molar-refractivity contribution in [3.8, 4) is 0 Å². The molecule has 0 bridgehead atoms. The summed E-state index contributed by atoms with van der Waals surface area (Å²) in [5, 5.41) is 27.4. The molecule has 0 rings (SSSR count). The molecule has 3 unspecified atom stereocenters. The molecule has 3 atom stereocenters. The number of likely N-dealkylation sites (N-methyl/N-ethyl adjacent to an activating group) is 2. The molecular formula is C21H45Cl2N3O3. The van der Waals surface area contributed by atoms with Crippen molar-refractivity contribution < 1.29 is 15.3 Å². The fourth-order valence-electron chi connectivity index (χ4n) is 2.04. The van der Waals surface area contributed by atoms with Crippen LogP contribution in [0.25, 0.3) is 0 Å². The molecule has 0 aliphatic carbocycles. The molecule has 0 spiro atoms. The first-order chi connectivity index (χ1) is 13.5. The van der Waals surface area contributed by atoms with Crippen molar-refractivity contribution in [3.05, 3.63) is 24.3 Å². The third-order valence-corrected chi connectivity index (χ3v) is 3.38. The average molecular weight is 459 g/mol. The molecule has 0 radical (unpaired) electrons. The minimum absolute atomic E-state index is 0.433. The van der Waals surface area contributed by atoms with Crippen LogP contribution < -0.4 is 0 Å². The highest BCUT2D eigenvalue weighted by molar-refractivity contribution is 6.20. The summed E-state index contributed by atoms with van der Waals surface area (Å²) in [6.07, 6.45) is 6.69. The predicted molar refractivity (Wildman–Crippen MR) is 128 cm³/mol. The maximum atomic E-state index is 9.14. The molecule has 0 aromatic carbocycles. The Morgan fingerprint density at radius 2 is 0.897 bits per heavy atom. The molecule has 0 aliphatic rings. The molecule has 6 nitrogen and oxygen atoms in total. The van der Waals surface area contributed by atoms with Gasteiger partial charge in [-0.15, -0.1) is 23.2 Å². The van der Waals surface area contributed by atoms with Crippen molar-refractivity contribution in [2.45, 2.75) is 39.1 Å². The lowest BCUT2D eigenvalue weighted by Crippen LogP contribution is -2.40. The fourth-order valence-corrected chi connectivity index (χ4v) is 2.29. The molecule has 0 aliphatic heterocycles. The lowest BCUT2D eigenvalue weighted by Gasteiger charge is -2.25. The van der Waals surface area contributed by atoms with Gasteiger partial charge in [-0.1, -0.05) is 24.3 Å². The maximum absolute atomic E-state index is 9.14. The van der Waals surface area contributed by atoms with Crippen LogP contribution in [0, 0.1) is 0 Å². The van der Waals surface area contributed by atoms with Crippen LogP contribution in [0.15, 0.2) is 24.3 Å². The minimum atomic E-state index is -0.433. The van der Waals surface area contributed by atoms with E-state index in [0.29, 0.717) is 31.4 Å². The zero-order valence-electron chi connectivity index (χ0n) is 19.4. The topological polar surface area (TPSA) is 70.4 Å². The standard InChI is InChI=1S/C9H21NO3.C8H18N2.C4H6Cl2/c1-7(11)4-10(5-8(2)12)6-9(3)13;1-9(2)7-5-6-8-10(3)4;5-3-1-2-4-6/h7-9,11-13H,4-6H2,1-3H3;5-6H,7-8H2,1-4H3;1-2H,3-4H2/b;6-5+;2-1+. The predicted octanol–water partition coefficient (Wildman–Crippen LogP) is 2.12. The smallest absolute Gasteiger partial charge is 0.0639 e. The van der Waals surface area contributed by atoms with E-state index in [9.17, 15) is 0 Å². The number of aliphatic hydroxyl groups excluding tert-OH is 3. The first kappa shape index (κ1) is 33.5. The normalized spacial score (nSPS) is 14.7. The van der Waals surface area contributed by atoms with Gasteiger partial charge in [-0.2, -0.15) is 0 Å². The quantitative estimate of drug-likeness (QED) is 0.308. The number of halogens is 2. The molecule has 0 aromatic heterocycles. The summed E-state index contributed by atoms with van der Waals surface area (Å²) in [5.74, 6) is 1.12. The summed E-state index contributed by atoms with van der Waals surface area (Å²) in [4.78, 5) is 6.14. The maximum Gasteiger partial charge on any atom is 0.0639 e. The third-order valence-electron chi connectivity index (χ3n) is 3.02. The minimum Gasteiger partial charge on any atom is -0.392 e. The number of nitrogens with zero attached hydrogens (tertiary/aromatic N) is 3. The van der Waals surface area contributed by atoms with Gasteiger partial charge in [0, 0.05) is 44.5 Å². The second kappa shape index (κ2) is 24.1. The third kappa shape index (κ3) is 39.0. The summed E-state index contributed by atoms with van der Waals surface area (Å²) in [6.45, 7) is 8.59. The first-order valence-corrected chi connectivity index (χ1v) is 11.0. The Bertz CT molecular complexity index is 336. The van der Waals surface area contributed by atoms with Gasteiger partial charge in [0.05, 0.1) is 18.3 Å². The van der Waals surface area contributed by atoms with Crippen LogP contribution in [0.3, 0.4) is 0 Å². The van der Waals surface area contributed by atoms with Gasteiger partial charge >= 0.3 is 0 Å². The molecule has 0 aromatic rings. The molecule has 29 heavy (non-hydrogen) atoms. The van der Waals surface area contributed by atoms with Crippen molar-refractivity contribution in [1.29, 1.82) is 0 Å². The zero-order chi connectivity index (χ0) is 23.2. The van der Waals surface area contributed by atoms with Crippen LogP contribution in [0.2, 0.25) is 0 Å². The molecule has 0 fully saturated rings. The Morgan fingerprint density at radius 1 is 0.621 bits per heavy atom. The van der Waals surface area contributed by atoms with Crippen molar-refractivity contribution in [3.63, 3.8) is 0 Å². The number of hydrogen-bond acceptors (Lipinski definition) is 6. The number of hydrogen-bond donors (Lipinski definition) is 3. The van der Waals surface area contributed by atoms with Crippen LogP contribution in [-0.2, 0) is 0 Å². The van der Waals surface area contributed by atoms with Crippen LogP contribution in [-0.4, -0.2) is 121 Å². The van der Waals surface area contributed by atoms with Gasteiger partial charge in [-0.05, 0) is 49.0 Å². The molecule has 176 valence electrons. The lowest BCUT2D eigenvalue weighted by atomic mass is 10.2. The van der Waals surface area contributed by atoms with E-state index in [0.717, 1.165) is 13.1 Å². The molecule has 0 heterocycles. The average Bonchev–Trinajstić information content (AvgIpc) is 2.56. The molecular weight excluding hydrogens is 413 g/mol. The van der Waals surface area contributed by atoms with Crippen LogP contribution in [0.4, 0.5) is 0 Å². The van der Waals surface area contributed by atoms with E-state index in [4.69, 9.17) is 38.5 Å². The van der Waals surface area contributed by atoms with Crippen LogP contribution >= 0.6 is 23.2 Å². The Balaban J connectivity index is -0.000000375. The zero-order valence-corrected chi connectivity index (χ0v) is 20.9. The van der Waals surface area contributed by atoms with E-state index in [1.54, 1.807) is 20.8 Å². The van der Waals surface area contributed by atoms with E-state index in [2.05, 4.69) is 50.1 Å². The lowest BCUT2D eigenvalue weighted by molar-refractivity contribution is 0.0530. The molecule has 0 saturated heterocycles. The first-order valence-electron chi connectivity index (χ1n) is 9.94. The van der Waals surface area contributed by atoms with Gasteiger partial charge in [-0.25, -0.2) is 0 Å².